The maximum atomic E-state index is 11.0. The topological polar surface area (TPSA) is 69.2 Å². The van der Waals surface area contributed by atoms with E-state index in [1.54, 1.807) is 37.3 Å². The fraction of sp³-hybridized carbons (Fsp3) is 0.0714. The minimum Gasteiger partial charge on any atom is -0.436 e. The monoisotopic (exact) mass is 288 g/mol. The van der Waals surface area contributed by atoms with Gasteiger partial charge < -0.3 is 4.42 Å². The Bertz CT molecular complexity index is 826. The van der Waals surface area contributed by atoms with Crippen molar-refractivity contribution in [3.63, 3.8) is 0 Å². The molecular weight excluding hydrogens is 280 g/mol. The van der Waals surface area contributed by atoms with Gasteiger partial charge in [-0.25, -0.2) is 4.98 Å². The van der Waals surface area contributed by atoms with Crippen molar-refractivity contribution in [1.29, 1.82) is 0 Å². The first-order valence-corrected chi connectivity index (χ1v) is 6.24. The molecule has 0 unspecified atom stereocenters. The molecule has 0 aliphatic rings. The predicted molar refractivity (Wildman–Crippen MR) is 75.8 cm³/mol. The van der Waals surface area contributed by atoms with E-state index < -0.39 is 4.92 Å². The third-order valence-electron chi connectivity index (χ3n) is 3.08. The van der Waals surface area contributed by atoms with Crippen molar-refractivity contribution in [3.8, 4) is 11.5 Å². The summed E-state index contributed by atoms with van der Waals surface area (Å²) in [5.74, 6) is 0.350. The molecule has 2 aromatic carbocycles. The van der Waals surface area contributed by atoms with Gasteiger partial charge in [-0.2, -0.15) is 0 Å². The van der Waals surface area contributed by atoms with E-state index in [0.717, 1.165) is 0 Å². The van der Waals surface area contributed by atoms with Crippen LogP contribution in [0.5, 0.6) is 0 Å². The van der Waals surface area contributed by atoms with Gasteiger partial charge in [0.15, 0.2) is 5.58 Å². The minimum absolute atomic E-state index is 0.0442. The second-order valence-corrected chi connectivity index (χ2v) is 4.77. The third-order valence-corrected chi connectivity index (χ3v) is 3.32. The molecule has 0 saturated carbocycles. The first-order valence-electron chi connectivity index (χ1n) is 5.87. The number of hydrogen-bond donors (Lipinski definition) is 0. The van der Waals surface area contributed by atoms with E-state index in [2.05, 4.69) is 4.98 Å². The molecule has 1 heterocycles. The third kappa shape index (κ3) is 2.02. The molecular formula is C14H9ClN2O3. The Hall–Kier alpha value is -2.40. The average Bonchev–Trinajstić information content (AvgIpc) is 2.81. The molecule has 0 fully saturated rings. The number of hydrogen-bond acceptors (Lipinski definition) is 4. The highest BCUT2D eigenvalue weighted by Crippen LogP contribution is 2.31. The Morgan fingerprint density at radius 2 is 2.10 bits per heavy atom. The molecule has 0 radical (unpaired) electrons. The van der Waals surface area contributed by atoms with Gasteiger partial charge in [0, 0.05) is 28.3 Å². The smallest absolute Gasteiger partial charge is 0.273 e. The quantitative estimate of drug-likeness (QED) is 0.519. The van der Waals surface area contributed by atoms with Gasteiger partial charge in [0.1, 0.15) is 5.52 Å². The van der Waals surface area contributed by atoms with Gasteiger partial charge >= 0.3 is 0 Å². The Morgan fingerprint density at radius 3 is 2.85 bits per heavy atom. The number of halogens is 1. The van der Waals surface area contributed by atoms with Crippen molar-refractivity contribution in [1.82, 2.24) is 4.98 Å². The molecule has 0 amide bonds. The molecule has 1 aromatic heterocycles. The highest BCUT2D eigenvalue weighted by Gasteiger charge is 2.18. The summed E-state index contributed by atoms with van der Waals surface area (Å²) in [6, 6.07) is 9.95. The van der Waals surface area contributed by atoms with Gasteiger partial charge in [-0.1, -0.05) is 17.7 Å². The summed E-state index contributed by atoms with van der Waals surface area (Å²) in [5, 5.41) is 11.5. The second-order valence-electron chi connectivity index (χ2n) is 4.34. The lowest BCUT2D eigenvalue weighted by Gasteiger charge is -2.01. The van der Waals surface area contributed by atoms with E-state index in [1.165, 1.54) is 6.07 Å². The van der Waals surface area contributed by atoms with Crippen LogP contribution < -0.4 is 0 Å². The SMILES string of the molecule is Cc1c(-c2nc3ccc(Cl)cc3o2)cccc1[N+](=O)[O-]. The highest BCUT2D eigenvalue weighted by atomic mass is 35.5. The van der Waals surface area contributed by atoms with Gasteiger partial charge in [-0.15, -0.1) is 0 Å². The van der Waals surface area contributed by atoms with Crippen molar-refractivity contribution >= 4 is 28.4 Å². The summed E-state index contributed by atoms with van der Waals surface area (Å²) in [7, 11) is 0. The van der Waals surface area contributed by atoms with Crippen LogP contribution in [0.25, 0.3) is 22.6 Å². The molecule has 0 bridgehead atoms. The zero-order valence-electron chi connectivity index (χ0n) is 10.5. The zero-order valence-corrected chi connectivity index (χ0v) is 11.2. The molecule has 0 spiro atoms. The van der Waals surface area contributed by atoms with Gasteiger partial charge in [0.25, 0.3) is 5.69 Å². The Kier molecular flexibility index (Phi) is 2.91. The van der Waals surface area contributed by atoms with E-state index in [9.17, 15) is 10.1 Å². The summed E-state index contributed by atoms with van der Waals surface area (Å²) < 4.78 is 5.63. The Balaban J connectivity index is 2.20. The standard InChI is InChI=1S/C14H9ClN2O3/c1-8-10(3-2-4-12(8)17(18)19)14-16-11-6-5-9(15)7-13(11)20-14/h2-7H,1H3. The molecule has 0 aliphatic heterocycles. The van der Waals surface area contributed by atoms with E-state index >= 15 is 0 Å². The lowest BCUT2D eigenvalue weighted by molar-refractivity contribution is -0.385. The van der Waals surface area contributed by atoms with E-state index in [-0.39, 0.29) is 5.69 Å². The maximum Gasteiger partial charge on any atom is 0.273 e. The fourth-order valence-corrected chi connectivity index (χ4v) is 2.23. The van der Waals surface area contributed by atoms with Crippen LogP contribution in [0.1, 0.15) is 5.56 Å². The van der Waals surface area contributed by atoms with Crippen molar-refractivity contribution in [2.24, 2.45) is 0 Å². The van der Waals surface area contributed by atoms with Crippen molar-refractivity contribution < 1.29 is 9.34 Å². The minimum atomic E-state index is -0.418. The number of aromatic nitrogens is 1. The number of rotatable bonds is 2. The van der Waals surface area contributed by atoms with Crippen molar-refractivity contribution in [2.45, 2.75) is 6.92 Å². The average molecular weight is 289 g/mol. The van der Waals surface area contributed by atoms with Crippen LogP contribution in [-0.4, -0.2) is 9.91 Å². The Labute approximate surface area is 119 Å². The number of nitrogens with zero attached hydrogens (tertiary/aromatic N) is 2. The summed E-state index contributed by atoms with van der Waals surface area (Å²) in [6.45, 7) is 1.68. The van der Waals surface area contributed by atoms with Crippen LogP contribution >= 0.6 is 11.6 Å². The maximum absolute atomic E-state index is 11.0. The molecule has 3 aromatic rings. The lowest BCUT2D eigenvalue weighted by Crippen LogP contribution is -1.93. The number of nitro benzene ring substituents is 1. The number of nitro groups is 1. The van der Waals surface area contributed by atoms with Crippen LogP contribution in [0.4, 0.5) is 5.69 Å². The molecule has 0 atom stereocenters. The van der Waals surface area contributed by atoms with Crippen LogP contribution in [0.3, 0.4) is 0 Å². The fourth-order valence-electron chi connectivity index (χ4n) is 2.07. The van der Waals surface area contributed by atoms with Crippen LogP contribution in [0.2, 0.25) is 5.02 Å². The molecule has 0 saturated heterocycles. The first kappa shape index (κ1) is 12.6. The van der Waals surface area contributed by atoms with E-state index in [0.29, 0.717) is 33.1 Å². The second kappa shape index (κ2) is 4.61. The van der Waals surface area contributed by atoms with Gasteiger partial charge in [-0.05, 0) is 25.1 Å². The molecule has 5 nitrogen and oxygen atoms in total. The van der Waals surface area contributed by atoms with E-state index in [1.807, 2.05) is 0 Å². The predicted octanol–water partition coefficient (Wildman–Crippen LogP) is 4.36. The van der Waals surface area contributed by atoms with Gasteiger partial charge in [0.2, 0.25) is 5.89 Å². The molecule has 6 heteroatoms. The highest BCUT2D eigenvalue weighted by molar-refractivity contribution is 6.31. The molecule has 0 aliphatic carbocycles. The van der Waals surface area contributed by atoms with E-state index in [4.69, 9.17) is 16.0 Å². The number of oxazole rings is 1. The molecule has 100 valence electrons. The zero-order chi connectivity index (χ0) is 14.3. The van der Waals surface area contributed by atoms with Crippen molar-refractivity contribution in [2.75, 3.05) is 0 Å². The number of benzene rings is 2. The molecule has 3 rings (SSSR count). The van der Waals surface area contributed by atoms with Crippen molar-refractivity contribution in [3.05, 3.63) is 57.1 Å². The largest absolute Gasteiger partial charge is 0.436 e. The van der Waals surface area contributed by atoms with Gasteiger partial charge in [-0.3, -0.25) is 10.1 Å². The molecule has 20 heavy (non-hydrogen) atoms. The normalized spacial score (nSPS) is 10.9. The van der Waals surface area contributed by atoms with Crippen LogP contribution in [-0.2, 0) is 0 Å². The van der Waals surface area contributed by atoms with Crippen LogP contribution in [0, 0.1) is 17.0 Å². The van der Waals surface area contributed by atoms with Crippen LogP contribution in [0.15, 0.2) is 40.8 Å². The molecule has 0 N–H and O–H groups in total. The Morgan fingerprint density at radius 1 is 1.30 bits per heavy atom. The van der Waals surface area contributed by atoms with Gasteiger partial charge in [0.05, 0.1) is 4.92 Å². The summed E-state index contributed by atoms with van der Waals surface area (Å²) in [6.07, 6.45) is 0. The first-order chi connectivity index (χ1) is 9.56. The number of fused-ring (bicyclic) bond motifs is 1. The summed E-state index contributed by atoms with van der Waals surface area (Å²) >= 11 is 5.89. The summed E-state index contributed by atoms with van der Waals surface area (Å²) in [5.41, 5.74) is 2.39. The summed E-state index contributed by atoms with van der Waals surface area (Å²) in [4.78, 5) is 14.9. The lowest BCUT2D eigenvalue weighted by atomic mass is 10.1.